The number of amides is 1. The summed E-state index contributed by atoms with van der Waals surface area (Å²) in [4.78, 5) is 17.5. The highest BCUT2D eigenvalue weighted by molar-refractivity contribution is 5.78. The van der Waals surface area contributed by atoms with Gasteiger partial charge in [-0.2, -0.15) is 0 Å². The number of hydrogen-bond acceptors (Lipinski definition) is 4. The van der Waals surface area contributed by atoms with Crippen LogP contribution < -0.4 is 4.74 Å². The predicted molar refractivity (Wildman–Crippen MR) is 114 cm³/mol. The lowest BCUT2D eigenvalue weighted by molar-refractivity contribution is -0.145. The van der Waals surface area contributed by atoms with E-state index in [0.717, 1.165) is 75.9 Å². The van der Waals surface area contributed by atoms with Gasteiger partial charge < -0.3 is 14.7 Å². The van der Waals surface area contributed by atoms with Gasteiger partial charge in [0, 0.05) is 37.2 Å². The van der Waals surface area contributed by atoms with Crippen LogP contribution in [0.1, 0.15) is 69.9 Å². The molecule has 160 valence electrons. The van der Waals surface area contributed by atoms with Crippen LogP contribution in [0.4, 0.5) is 0 Å². The van der Waals surface area contributed by atoms with E-state index in [1.165, 1.54) is 6.42 Å². The first-order chi connectivity index (χ1) is 14.1. The Kier molecular flexibility index (Phi) is 6.45. The number of likely N-dealkylation sites (tertiary alicyclic amines) is 2. The van der Waals surface area contributed by atoms with Crippen LogP contribution in [-0.2, 0) is 4.79 Å². The maximum atomic E-state index is 13.1. The number of nitrogens with zero attached hydrogens (tertiary/aromatic N) is 2. The minimum absolute atomic E-state index is 0.0329. The zero-order valence-electron chi connectivity index (χ0n) is 17.8. The number of carbonyl (C=O) groups is 1. The van der Waals surface area contributed by atoms with Crippen LogP contribution in [0.15, 0.2) is 24.3 Å². The molecule has 2 heterocycles. The van der Waals surface area contributed by atoms with E-state index in [4.69, 9.17) is 4.74 Å². The van der Waals surface area contributed by atoms with Gasteiger partial charge in [0.1, 0.15) is 5.75 Å². The van der Waals surface area contributed by atoms with Gasteiger partial charge in [-0.1, -0.05) is 31.0 Å². The topological polar surface area (TPSA) is 53.0 Å². The third kappa shape index (κ3) is 4.31. The summed E-state index contributed by atoms with van der Waals surface area (Å²) in [5.41, 5.74) is 0.512. The number of hydrogen-bond donors (Lipinski definition) is 1. The molecule has 0 unspecified atom stereocenters. The van der Waals surface area contributed by atoms with Gasteiger partial charge >= 0.3 is 0 Å². The second kappa shape index (κ2) is 9.05. The molecule has 1 N–H and O–H groups in total. The van der Waals surface area contributed by atoms with Gasteiger partial charge in [-0.3, -0.25) is 9.69 Å². The van der Waals surface area contributed by atoms with Crippen molar-refractivity contribution in [3.05, 3.63) is 29.8 Å². The van der Waals surface area contributed by atoms with Crippen LogP contribution in [0.3, 0.4) is 0 Å². The molecule has 5 heteroatoms. The summed E-state index contributed by atoms with van der Waals surface area (Å²) < 4.78 is 5.97. The first kappa shape index (κ1) is 20.7. The number of rotatable bonds is 5. The van der Waals surface area contributed by atoms with Crippen molar-refractivity contribution in [2.45, 2.75) is 69.9 Å². The molecule has 0 aromatic heterocycles. The number of aliphatic hydroxyl groups is 1. The van der Waals surface area contributed by atoms with Crippen LogP contribution >= 0.6 is 0 Å². The maximum Gasteiger partial charge on any atom is 0.236 e. The number of para-hydroxylation sites is 1. The molecular weight excluding hydrogens is 364 g/mol. The normalized spacial score (nSPS) is 30.6. The second-order valence-electron chi connectivity index (χ2n) is 9.03. The highest BCUT2D eigenvalue weighted by Gasteiger charge is 2.50. The van der Waals surface area contributed by atoms with Crippen molar-refractivity contribution in [3.8, 4) is 5.75 Å². The molecule has 4 rings (SSSR count). The molecule has 3 atom stereocenters. The Balaban J connectivity index is 1.63. The van der Waals surface area contributed by atoms with E-state index < -0.39 is 5.60 Å². The molecule has 2 saturated heterocycles. The fourth-order valence-corrected chi connectivity index (χ4v) is 5.76. The molecule has 0 spiro atoms. The van der Waals surface area contributed by atoms with E-state index in [9.17, 15) is 9.90 Å². The smallest absolute Gasteiger partial charge is 0.236 e. The van der Waals surface area contributed by atoms with E-state index in [-0.39, 0.29) is 17.9 Å². The van der Waals surface area contributed by atoms with E-state index >= 15 is 0 Å². The Morgan fingerprint density at radius 1 is 1.10 bits per heavy atom. The first-order valence-corrected chi connectivity index (χ1v) is 11.6. The molecule has 2 aliphatic heterocycles. The van der Waals surface area contributed by atoms with Gasteiger partial charge in [0.25, 0.3) is 0 Å². The Morgan fingerprint density at radius 3 is 2.69 bits per heavy atom. The summed E-state index contributed by atoms with van der Waals surface area (Å²) in [7, 11) is 0. The number of piperidine rings is 2. The van der Waals surface area contributed by atoms with Crippen LogP contribution in [0, 0.1) is 5.92 Å². The molecule has 1 aliphatic carbocycles. The fourth-order valence-electron chi connectivity index (χ4n) is 5.76. The van der Waals surface area contributed by atoms with E-state index in [1.54, 1.807) is 0 Å². The predicted octanol–water partition coefficient (Wildman–Crippen LogP) is 3.77. The fraction of sp³-hybridized carbons (Fsp3) is 0.708. The molecule has 29 heavy (non-hydrogen) atoms. The maximum absolute atomic E-state index is 13.1. The highest BCUT2D eigenvalue weighted by atomic mass is 16.5. The van der Waals surface area contributed by atoms with Crippen LogP contribution in [0.2, 0.25) is 0 Å². The molecule has 0 bridgehead atoms. The van der Waals surface area contributed by atoms with E-state index in [1.807, 2.05) is 24.0 Å². The van der Waals surface area contributed by atoms with Crippen LogP contribution in [0.25, 0.3) is 0 Å². The molecule has 3 fully saturated rings. The highest BCUT2D eigenvalue weighted by Crippen LogP contribution is 2.50. The summed E-state index contributed by atoms with van der Waals surface area (Å²) >= 11 is 0. The second-order valence-corrected chi connectivity index (χ2v) is 9.03. The third-order valence-corrected chi connectivity index (χ3v) is 7.26. The molecule has 1 aromatic carbocycles. The number of ether oxygens (including phenoxy) is 1. The van der Waals surface area contributed by atoms with Crippen molar-refractivity contribution in [1.29, 1.82) is 0 Å². The largest absolute Gasteiger partial charge is 0.494 e. The van der Waals surface area contributed by atoms with Crippen molar-refractivity contribution >= 4 is 5.91 Å². The average molecular weight is 401 g/mol. The van der Waals surface area contributed by atoms with E-state index in [0.29, 0.717) is 13.2 Å². The number of benzene rings is 1. The van der Waals surface area contributed by atoms with Crippen LogP contribution in [-0.4, -0.2) is 59.2 Å². The Morgan fingerprint density at radius 2 is 1.90 bits per heavy atom. The van der Waals surface area contributed by atoms with Gasteiger partial charge in [-0.15, -0.1) is 0 Å². The van der Waals surface area contributed by atoms with Crippen LogP contribution in [0.5, 0.6) is 5.75 Å². The molecule has 1 saturated carbocycles. The minimum atomic E-state index is -0.618. The lowest BCUT2D eigenvalue weighted by Gasteiger charge is -2.53. The summed E-state index contributed by atoms with van der Waals surface area (Å²) in [6, 6.07) is 8.26. The lowest BCUT2D eigenvalue weighted by Crippen LogP contribution is -2.56. The molecular formula is C24H36N2O3. The van der Waals surface area contributed by atoms with Gasteiger partial charge in [0.2, 0.25) is 5.91 Å². The number of fused-ring (bicyclic) bond motifs is 1. The van der Waals surface area contributed by atoms with E-state index in [2.05, 4.69) is 17.0 Å². The minimum Gasteiger partial charge on any atom is -0.494 e. The molecule has 3 aliphatic rings. The zero-order chi connectivity index (χ0) is 20.3. The molecule has 5 nitrogen and oxygen atoms in total. The molecule has 0 radical (unpaired) electrons. The number of carbonyl (C=O) groups excluding carboxylic acids is 1. The molecule has 1 amide bonds. The third-order valence-electron chi connectivity index (χ3n) is 7.26. The zero-order valence-corrected chi connectivity index (χ0v) is 17.8. The van der Waals surface area contributed by atoms with Gasteiger partial charge in [-0.25, -0.2) is 0 Å². The quantitative estimate of drug-likeness (QED) is 0.818. The van der Waals surface area contributed by atoms with Gasteiger partial charge in [0.05, 0.1) is 18.8 Å². The van der Waals surface area contributed by atoms with Crippen molar-refractivity contribution < 1.29 is 14.6 Å². The average Bonchev–Trinajstić information content (AvgIpc) is 2.75. The molecule has 1 aromatic rings. The van der Waals surface area contributed by atoms with Crippen molar-refractivity contribution in [1.82, 2.24) is 9.80 Å². The summed E-state index contributed by atoms with van der Waals surface area (Å²) in [6.07, 6.45) is 8.35. The summed E-state index contributed by atoms with van der Waals surface area (Å²) in [5, 5.41) is 11.5. The Hall–Kier alpha value is -1.59. The van der Waals surface area contributed by atoms with Gasteiger partial charge in [0.15, 0.2) is 0 Å². The van der Waals surface area contributed by atoms with Crippen molar-refractivity contribution in [2.24, 2.45) is 5.92 Å². The summed E-state index contributed by atoms with van der Waals surface area (Å²) in [5.74, 6) is 1.29. The van der Waals surface area contributed by atoms with Crippen molar-refractivity contribution in [2.75, 3.05) is 32.8 Å². The Labute approximate surface area is 175 Å². The lowest BCUT2D eigenvalue weighted by atomic mass is 9.66. The Bertz CT molecular complexity index is 703. The van der Waals surface area contributed by atoms with Crippen molar-refractivity contribution in [3.63, 3.8) is 0 Å². The first-order valence-electron chi connectivity index (χ1n) is 11.6. The SMILES string of the molecule is CCOc1ccccc1[C@H]1[C@@H]2CCCC[C@]2(O)CCN1CC(=O)N1CCCCC1. The summed E-state index contributed by atoms with van der Waals surface area (Å²) in [6.45, 7) is 5.60. The van der Waals surface area contributed by atoms with Gasteiger partial charge in [-0.05, 0) is 51.5 Å². The monoisotopic (exact) mass is 400 g/mol. The standard InChI is InChI=1S/C24H36N2O3/c1-2-29-21-12-5-4-10-19(21)23-20-11-6-7-13-24(20,28)14-17-26(23)18-22(27)25-15-8-3-9-16-25/h4-5,10,12,20,23,28H,2-3,6-9,11,13-18H2,1H3/t20-,23-,24-/m0/s1.